The van der Waals surface area contributed by atoms with E-state index >= 15 is 0 Å². The number of methoxy groups -OCH3 is 2. The smallest absolute Gasteiger partial charge is 0.238 e. The van der Waals surface area contributed by atoms with Crippen LogP contribution in [0.25, 0.3) is 10.2 Å². The van der Waals surface area contributed by atoms with Crippen molar-refractivity contribution in [1.29, 1.82) is 0 Å². The fourth-order valence-electron chi connectivity index (χ4n) is 3.72. The Labute approximate surface area is 174 Å². The van der Waals surface area contributed by atoms with Gasteiger partial charge >= 0.3 is 0 Å². The molecule has 0 radical (unpaired) electrons. The quantitative estimate of drug-likeness (QED) is 0.661. The summed E-state index contributed by atoms with van der Waals surface area (Å²) in [5.41, 5.74) is 1.79. The number of hydrogen-bond acceptors (Lipinski definition) is 6. The van der Waals surface area contributed by atoms with Crippen molar-refractivity contribution in [3.63, 3.8) is 0 Å². The van der Waals surface area contributed by atoms with Crippen molar-refractivity contribution in [3.8, 4) is 11.5 Å². The van der Waals surface area contributed by atoms with E-state index in [0.29, 0.717) is 29.6 Å². The predicted octanol–water partition coefficient (Wildman–Crippen LogP) is 4.13. The van der Waals surface area contributed by atoms with E-state index in [2.05, 4.69) is 28.4 Å². The van der Waals surface area contributed by atoms with E-state index in [1.165, 1.54) is 9.71 Å². The van der Waals surface area contributed by atoms with E-state index in [1.54, 1.807) is 37.7 Å². The Bertz CT molecular complexity index is 963. The number of piperidine rings is 1. The maximum absolute atomic E-state index is 12.5. The lowest BCUT2D eigenvalue weighted by atomic mass is 9.97. The molecular weight excluding hydrogens is 386 g/mol. The Kier molecular flexibility index (Phi) is 5.97. The first kappa shape index (κ1) is 19.7. The van der Waals surface area contributed by atoms with Crippen LogP contribution in [0.5, 0.6) is 11.5 Å². The zero-order valence-corrected chi connectivity index (χ0v) is 17.5. The fraction of sp³-hybridized carbons (Fsp3) is 0.364. The highest BCUT2D eigenvalue weighted by atomic mass is 32.1. The zero-order valence-electron chi connectivity index (χ0n) is 16.7. The standard InChI is InChI=1S/C22H25N3O3S/c1-27-18-8-7-16(13-19(18)28-2)23-21(26)14-25-11-9-15(10-12-25)22-24-17-5-3-4-6-20(17)29-22/h3-8,13,15H,9-12,14H2,1-2H3,(H,23,26). The average molecular weight is 412 g/mol. The van der Waals surface area contributed by atoms with Gasteiger partial charge in [-0.1, -0.05) is 12.1 Å². The highest BCUT2D eigenvalue weighted by Crippen LogP contribution is 2.34. The third-order valence-corrected chi connectivity index (χ3v) is 6.48. The molecule has 0 spiro atoms. The third kappa shape index (κ3) is 4.52. The van der Waals surface area contributed by atoms with Gasteiger partial charge in [0.2, 0.25) is 5.91 Å². The highest BCUT2D eigenvalue weighted by molar-refractivity contribution is 7.18. The molecule has 1 fully saturated rings. The summed E-state index contributed by atoms with van der Waals surface area (Å²) < 4.78 is 11.8. The van der Waals surface area contributed by atoms with E-state index in [0.717, 1.165) is 31.4 Å². The van der Waals surface area contributed by atoms with E-state index in [-0.39, 0.29) is 5.91 Å². The Morgan fingerprint density at radius 2 is 1.90 bits per heavy atom. The Morgan fingerprint density at radius 1 is 1.14 bits per heavy atom. The van der Waals surface area contributed by atoms with Crippen LogP contribution in [-0.2, 0) is 4.79 Å². The number of fused-ring (bicyclic) bond motifs is 1. The number of amides is 1. The van der Waals surface area contributed by atoms with Crippen LogP contribution in [0.4, 0.5) is 5.69 Å². The van der Waals surface area contributed by atoms with Crippen molar-refractivity contribution in [3.05, 3.63) is 47.5 Å². The zero-order chi connectivity index (χ0) is 20.2. The van der Waals surface area contributed by atoms with Gasteiger partial charge in [-0.3, -0.25) is 9.69 Å². The summed E-state index contributed by atoms with van der Waals surface area (Å²) in [6.45, 7) is 2.20. The molecule has 2 heterocycles. The van der Waals surface area contributed by atoms with Gasteiger partial charge in [0.1, 0.15) is 0 Å². The van der Waals surface area contributed by atoms with Crippen molar-refractivity contribution in [1.82, 2.24) is 9.88 Å². The van der Waals surface area contributed by atoms with Crippen LogP contribution in [-0.4, -0.2) is 49.6 Å². The van der Waals surface area contributed by atoms with Gasteiger partial charge in [-0.05, 0) is 50.2 Å². The molecule has 1 aromatic heterocycles. The van der Waals surface area contributed by atoms with Gasteiger partial charge in [-0.15, -0.1) is 11.3 Å². The number of nitrogens with zero attached hydrogens (tertiary/aromatic N) is 2. The minimum Gasteiger partial charge on any atom is -0.493 e. The van der Waals surface area contributed by atoms with Gasteiger partial charge in [0, 0.05) is 17.7 Å². The second kappa shape index (κ2) is 8.80. The van der Waals surface area contributed by atoms with Crippen LogP contribution in [0.1, 0.15) is 23.8 Å². The number of carbonyl (C=O) groups is 1. The largest absolute Gasteiger partial charge is 0.493 e. The molecule has 1 aliphatic rings. The Balaban J connectivity index is 1.30. The maximum atomic E-state index is 12.5. The summed E-state index contributed by atoms with van der Waals surface area (Å²) in [4.78, 5) is 19.5. The lowest BCUT2D eigenvalue weighted by Crippen LogP contribution is -2.38. The van der Waals surface area contributed by atoms with E-state index in [1.807, 2.05) is 12.1 Å². The van der Waals surface area contributed by atoms with Crippen molar-refractivity contribution in [2.24, 2.45) is 0 Å². The molecule has 1 aliphatic heterocycles. The predicted molar refractivity (Wildman–Crippen MR) is 116 cm³/mol. The molecule has 0 bridgehead atoms. The number of ether oxygens (including phenoxy) is 2. The molecule has 0 saturated carbocycles. The second-order valence-corrected chi connectivity index (χ2v) is 8.25. The molecule has 0 unspecified atom stereocenters. The molecule has 4 rings (SSSR count). The molecule has 0 atom stereocenters. The number of aromatic nitrogens is 1. The first-order chi connectivity index (χ1) is 14.2. The number of thiazole rings is 1. The minimum atomic E-state index is -0.0179. The average Bonchev–Trinajstić information content (AvgIpc) is 3.18. The lowest BCUT2D eigenvalue weighted by Gasteiger charge is -2.30. The summed E-state index contributed by atoms with van der Waals surface area (Å²) in [6.07, 6.45) is 2.06. The topological polar surface area (TPSA) is 63.7 Å². The van der Waals surface area contributed by atoms with Crippen LogP contribution in [0, 0.1) is 0 Å². The first-order valence-electron chi connectivity index (χ1n) is 9.76. The molecule has 0 aliphatic carbocycles. The first-order valence-corrected chi connectivity index (χ1v) is 10.6. The number of para-hydroxylation sites is 1. The van der Waals surface area contributed by atoms with Crippen molar-refractivity contribution < 1.29 is 14.3 Å². The van der Waals surface area contributed by atoms with Crippen LogP contribution >= 0.6 is 11.3 Å². The molecule has 29 heavy (non-hydrogen) atoms. The third-order valence-electron chi connectivity index (χ3n) is 5.28. The molecule has 7 heteroatoms. The Hall–Kier alpha value is -2.64. The molecule has 6 nitrogen and oxygen atoms in total. The summed E-state index contributed by atoms with van der Waals surface area (Å²) in [5.74, 6) is 1.71. The minimum absolute atomic E-state index is 0.0179. The van der Waals surface area contributed by atoms with Gasteiger partial charge in [0.05, 0.1) is 36.0 Å². The Morgan fingerprint density at radius 3 is 2.62 bits per heavy atom. The number of nitrogens with one attached hydrogen (secondary N) is 1. The molecule has 1 N–H and O–H groups in total. The molecule has 1 amide bonds. The number of carbonyl (C=O) groups excluding carboxylic acids is 1. The summed E-state index contributed by atoms with van der Waals surface area (Å²) in [7, 11) is 3.17. The van der Waals surface area contributed by atoms with Crippen molar-refractivity contribution in [2.45, 2.75) is 18.8 Å². The lowest BCUT2D eigenvalue weighted by molar-refractivity contribution is -0.117. The van der Waals surface area contributed by atoms with Crippen molar-refractivity contribution in [2.75, 3.05) is 39.2 Å². The number of hydrogen-bond donors (Lipinski definition) is 1. The molecule has 152 valence electrons. The second-order valence-electron chi connectivity index (χ2n) is 7.19. The van der Waals surface area contributed by atoms with E-state index in [9.17, 15) is 4.79 Å². The molecular formula is C22H25N3O3S. The van der Waals surface area contributed by atoms with Gasteiger partial charge in [-0.25, -0.2) is 4.98 Å². The summed E-state index contributed by atoms with van der Waals surface area (Å²) >= 11 is 1.80. The van der Waals surface area contributed by atoms with Gasteiger partial charge in [0.25, 0.3) is 0 Å². The highest BCUT2D eigenvalue weighted by Gasteiger charge is 2.24. The van der Waals surface area contributed by atoms with Gasteiger partial charge < -0.3 is 14.8 Å². The van der Waals surface area contributed by atoms with Crippen LogP contribution in [0.15, 0.2) is 42.5 Å². The SMILES string of the molecule is COc1ccc(NC(=O)CN2CCC(c3nc4ccccc4s3)CC2)cc1OC. The number of rotatable bonds is 6. The summed E-state index contributed by atoms with van der Waals surface area (Å²) in [5, 5.41) is 4.17. The molecule has 2 aromatic carbocycles. The molecule has 1 saturated heterocycles. The van der Waals surface area contributed by atoms with Crippen molar-refractivity contribution >= 4 is 33.1 Å². The fourth-order valence-corrected chi connectivity index (χ4v) is 4.86. The number of benzene rings is 2. The van der Waals surface area contributed by atoms with E-state index in [4.69, 9.17) is 14.5 Å². The van der Waals surface area contributed by atoms with Crippen LogP contribution in [0.2, 0.25) is 0 Å². The molecule has 3 aromatic rings. The normalized spacial score (nSPS) is 15.4. The van der Waals surface area contributed by atoms with Crippen LogP contribution in [0.3, 0.4) is 0 Å². The summed E-state index contributed by atoms with van der Waals surface area (Å²) in [6, 6.07) is 13.7. The van der Waals surface area contributed by atoms with Crippen LogP contribution < -0.4 is 14.8 Å². The monoisotopic (exact) mass is 411 g/mol. The number of likely N-dealkylation sites (tertiary alicyclic amines) is 1. The van der Waals surface area contributed by atoms with E-state index < -0.39 is 0 Å². The van der Waals surface area contributed by atoms with Gasteiger partial charge in [0.15, 0.2) is 11.5 Å². The number of anilines is 1. The maximum Gasteiger partial charge on any atom is 0.238 e. The van der Waals surface area contributed by atoms with Gasteiger partial charge in [-0.2, -0.15) is 0 Å².